The summed E-state index contributed by atoms with van der Waals surface area (Å²) in [4.78, 5) is 39.3. The van der Waals surface area contributed by atoms with Crippen LogP contribution in [0.5, 0.6) is 0 Å². The first-order valence-electron chi connectivity index (χ1n) is 7.80. The van der Waals surface area contributed by atoms with E-state index in [1.165, 1.54) is 0 Å². The van der Waals surface area contributed by atoms with Crippen molar-refractivity contribution in [2.45, 2.75) is 55.9 Å². The highest BCUT2D eigenvalue weighted by molar-refractivity contribution is 8.00. The maximum Gasteiger partial charge on any atom is 0.333 e. The number of carbonyl (C=O) groups is 3. The highest BCUT2D eigenvalue weighted by Crippen LogP contribution is 2.33. The smallest absolute Gasteiger partial charge is 0.333 e. The fourth-order valence-corrected chi connectivity index (χ4v) is 4.89. The molecule has 23 heavy (non-hydrogen) atoms. The number of nitrogens with one attached hydrogen (secondary N) is 2. The summed E-state index contributed by atoms with van der Waals surface area (Å²) in [6.07, 6.45) is 3.03. The molecule has 3 aliphatic rings. The van der Waals surface area contributed by atoms with Crippen molar-refractivity contribution in [3.05, 3.63) is 0 Å². The molecule has 3 rings (SSSR count). The number of hydrogen-bond acceptors (Lipinski definition) is 6. The lowest BCUT2D eigenvalue weighted by Crippen LogP contribution is -2.36. The summed E-state index contributed by atoms with van der Waals surface area (Å²) >= 11 is 7.05. The van der Waals surface area contributed by atoms with E-state index in [0.29, 0.717) is 28.8 Å². The van der Waals surface area contributed by atoms with Gasteiger partial charge in [0.25, 0.3) is 11.8 Å². The van der Waals surface area contributed by atoms with Gasteiger partial charge in [-0.2, -0.15) is 11.8 Å². The lowest BCUT2D eigenvalue weighted by molar-refractivity contribution is -0.197. The first-order chi connectivity index (χ1) is 11.0. The second-order valence-corrected chi connectivity index (χ2v) is 7.59. The summed E-state index contributed by atoms with van der Waals surface area (Å²) in [7, 11) is 0. The molecule has 3 fully saturated rings. The van der Waals surface area contributed by atoms with E-state index in [2.05, 4.69) is 10.6 Å². The van der Waals surface area contributed by atoms with Crippen molar-refractivity contribution in [3.8, 4) is 0 Å². The number of thiocarbonyl (C=S) groups is 1. The Kier molecular flexibility index (Phi) is 5.05. The zero-order chi connectivity index (χ0) is 16.4. The van der Waals surface area contributed by atoms with Crippen LogP contribution < -0.4 is 10.6 Å². The third kappa shape index (κ3) is 3.77. The molecule has 7 nitrogen and oxygen atoms in total. The summed E-state index contributed by atoms with van der Waals surface area (Å²) in [5.41, 5.74) is 0. The number of unbranched alkanes of at least 4 members (excludes halogenated alkanes) is 1. The Morgan fingerprint density at radius 3 is 2.74 bits per heavy atom. The molecule has 0 aromatic carbocycles. The van der Waals surface area contributed by atoms with Crippen LogP contribution in [0.2, 0.25) is 0 Å². The quantitative estimate of drug-likeness (QED) is 0.403. The SMILES string of the molecule is O=C(CCCC[C@@H]1SC[C@@H]2NC(=S)N[C@@H]21)ON1C(=O)CCC1=O. The van der Waals surface area contributed by atoms with Crippen molar-refractivity contribution in [1.82, 2.24) is 15.7 Å². The van der Waals surface area contributed by atoms with Crippen molar-refractivity contribution in [1.29, 1.82) is 0 Å². The lowest BCUT2D eigenvalue weighted by atomic mass is 10.0. The number of hydroxylamine groups is 2. The first-order valence-corrected chi connectivity index (χ1v) is 9.25. The van der Waals surface area contributed by atoms with Gasteiger partial charge in [0.1, 0.15) is 0 Å². The predicted molar refractivity (Wildman–Crippen MR) is 88.3 cm³/mol. The number of imide groups is 1. The number of carbonyl (C=O) groups excluding carboxylic acids is 3. The fourth-order valence-electron chi connectivity index (χ4n) is 3.06. The van der Waals surface area contributed by atoms with Crippen molar-refractivity contribution in [2.75, 3.05) is 5.75 Å². The van der Waals surface area contributed by atoms with Gasteiger partial charge in [0, 0.05) is 30.3 Å². The van der Waals surface area contributed by atoms with E-state index < -0.39 is 17.8 Å². The average molecular weight is 357 g/mol. The van der Waals surface area contributed by atoms with Crippen molar-refractivity contribution < 1.29 is 19.2 Å². The molecule has 9 heteroatoms. The van der Waals surface area contributed by atoms with E-state index >= 15 is 0 Å². The Hall–Kier alpha value is -1.35. The van der Waals surface area contributed by atoms with Crippen LogP contribution in [-0.2, 0) is 19.2 Å². The highest BCUT2D eigenvalue weighted by atomic mass is 32.2. The molecule has 0 aromatic heterocycles. The van der Waals surface area contributed by atoms with Crippen LogP contribution in [0.25, 0.3) is 0 Å². The molecule has 2 amide bonds. The number of fused-ring (bicyclic) bond motifs is 1. The van der Waals surface area contributed by atoms with Gasteiger partial charge < -0.3 is 15.5 Å². The molecule has 0 bridgehead atoms. The lowest BCUT2D eigenvalue weighted by Gasteiger charge is -2.17. The van der Waals surface area contributed by atoms with Crippen molar-refractivity contribution >= 4 is 46.9 Å². The number of nitrogens with zero attached hydrogens (tertiary/aromatic N) is 1. The van der Waals surface area contributed by atoms with E-state index in [0.717, 1.165) is 23.7 Å². The molecule has 3 aliphatic heterocycles. The Labute approximate surface area is 143 Å². The van der Waals surface area contributed by atoms with Gasteiger partial charge in [0.15, 0.2) is 5.11 Å². The monoisotopic (exact) mass is 357 g/mol. The summed E-state index contributed by atoms with van der Waals surface area (Å²) in [5.74, 6) is -0.351. The zero-order valence-corrected chi connectivity index (χ0v) is 14.2. The van der Waals surface area contributed by atoms with Gasteiger partial charge in [0.05, 0.1) is 12.1 Å². The van der Waals surface area contributed by atoms with Gasteiger partial charge >= 0.3 is 5.97 Å². The summed E-state index contributed by atoms with van der Waals surface area (Å²) < 4.78 is 0. The molecule has 0 aliphatic carbocycles. The van der Waals surface area contributed by atoms with Crippen LogP contribution in [0, 0.1) is 0 Å². The molecule has 0 radical (unpaired) electrons. The van der Waals surface area contributed by atoms with Gasteiger partial charge in [-0.15, -0.1) is 5.06 Å². The molecular formula is C14H19N3O4S2. The van der Waals surface area contributed by atoms with Gasteiger partial charge in [0.2, 0.25) is 0 Å². The van der Waals surface area contributed by atoms with Crippen LogP contribution in [-0.4, -0.2) is 51.0 Å². The van der Waals surface area contributed by atoms with E-state index in [1.54, 1.807) is 0 Å². The van der Waals surface area contributed by atoms with E-state index in [4.69, 9.17) is 17.1 Å². The summed E-state index contributed by atoms with van der Waals surface area (Å²) in [6.45, 7) is 0. The minimum absolute atomic E-state index is 0.121. The summed E-state index contributed by atoms with van der Waals surface area (Å²) in [6, 6.07) is 0.786. The molecule has 0 spiro atoms. The van der Waals surface area contributed by atoms with Gasteiger partial charge in [-0.3, -0.25) is 9.59 Å². The van der Waals surface area contributed by atoms with Gasteiger partial charge in [-0.05, 0) is 25.1 Å². The molecule has 0 saturated carbocycles. The normalized spacial score (nSPS) is 29.5. The molecule has 3 heterocycles. The maximum absolute atomic E-state index is 11.7. The standard InChI is InChI=1S/C14H19N3O4S2/c18-10-5-6-11(19)17(10)21-12(20)4-2-1-3-9-13-8(7-23-9)15-14(22)16-13/h8-9,13H,1-7H2,(H2,15,16,22)/t8-,9-,13-/m0/s1. The Bertz CT molecular complexity index is 526. The van der Waals surface area contributed by atoms with Crippen molar-refractivity contribution in [2.24, 2.45) is 0 Å². The first kappa shape index (κ1) is 16.5. The highest BCUT2D eigenvalue weighted by Gasteiger charge is 2.41. The maximum atomic E-state index is 11.7. The zero-order valence-electron chi connectivity index (χ0n) is 12.6. The van der Waals surface area contributed by atoms with E-state index in [-0.39, 0.29) is 19.3 Å². The third-order valence-corrected chi connectivity index (χ3v) is 6.00. The fraction of sp³-hybridized carbons (Fsp3) is 0.714. The van der Waals surface area contributed by atoms with Crippen LogP contribution in [0.15, 0.2) is 0 Å². The molecule has 126 valence electrons. The molecule has 0 aromatic rings. The topological polar surface area (TPSA) is 87.7 Å². The second kappa shape index (κ2) is 7.04. The second-order valence-electron chi connectivity index (χ2n) is 5.91. The molecule has 3 saturated heterocycles. The molecular weight excluding hydrogens is 338 g/mol. The average Bonchev–Trinajstić information content (AvgIpc) is 3.14. The van der Waals surface area contributed by atoms with E-state index in [1.807, 2.05) is 11.8 Å². The Morgan fingerprint density at radius 2 is 2.00 bits per heavy atom. The van der Waals surface area contributed by atoms with E-state index in [9.17, 15) is 14.4 Å². The minimum atomic E-state index is -0.521. The Balaban J connectivity index is 1.34. The number of amides is 2. The predicted octanol–water partition coefficient (Wildman–Crippen LogP) is 0.484. The van der Waals surface area contributed by atoms with Crippen LogP contribution in [0.3, 0.4) is 0 Å². The number of hydrogen-bond donors (Lipinski definition) is 2. The number of rotatable bonds is 6. The third-order valence-electron chi connectivity index (χ3n) is 4.26. The number of thioether (sulfide) groups is 1. The van der Waals surface area contributed by atoms with Crippen LogP contribution in [0.4, 0.5) is 0 Å². The van der Waals surface area contributed by atoms with Gasteiger partial charge in [-0.25, -0.2) is 4.79 Å². The molecule has 2 N–H and O–H groups in total. The van der Waals surface area contributed by atoms with Crippen LogP contribution in [0.1, 0.15) is 38.5 Å². The van der Waals surface area contributed by atoms with Gasteiger partial charge in [-0.1, -0.05) is 6.42 Å². The molecule has 3 atom stereocenters. The summed E-state index contributed by atoms with van der Waals surface area (Å²) in [5, 5.41) is 8.39. The molecule has 0 unspecified atom stereocenters. The minimum Gasteiger partial charge on any atom is -0.357 e. The largest absolute Gasteiger partial charge is 0.357 e. The van der Waals surface area contributed by atoms with Crippen molar-refractivity contribution in [3.63, 3.8) is 0 Å². The Morgan fingerprint density at radius 1 is 1.26 bits per heavy atom. The van der Waals surface area contributed by atoms with Crippen LogP contribution >= 0.6 is 24.0 Å².